The average Bonchev–Trinajstić information content (AvgIpc) is 2.99. The Morgan fingerprint density at radius 3 is 2.04 bits per heavy atom. The van der Waals surface area contributed by atoms with Crippen molar-refractivity contribution in [3.05, 3.63) is 45.1 Å². The van der Waals surface area contributed by atoms with Gasteiger partial charge in [0.05, 0.1) is 9.79 Å². The largest absolute Gasteiger partial charge is 0.296 e. The fourth-order valence-corrected chi connectivity index (χ4v) is 6.18. The fourth-order valence-electron chi connectivity index (χ4n) is 2.72. The Morgan fingerprint density at radius 2 is 1.54 bits per heavy atom. The normalized spacial score (nSPS) is 17.5. The quantitative estimate of drug-likeness (QED) is 0.702. The standard InChI is InChI=1S/C15H18BrN3O4S3/c16-14-5-10-24-15(14)11-18-6-8-19(9-7-18)26(22,23)13-3-1-12(2-4-13)25(17,20)21/h1-5,10H,6-9,11H2,(H2,17,20,21). The Kier molecular flexibility index (Phi) is 5.87. The van der Waals surface area contributed by atoms with Gasteiger partial charge in [0.2, 0.25) is 20.0 Å². The Labute approximate surface area is 165 Å². The number of nitrogens with two attached hydrogens (primary N) is 1. The summed E-state index contributed by atoms with van der Waals surface area (Å²) in [5.41, 5.74) is 0. The van der Waals surface area contributed by atoms with Gasteiger partial charge in [-0.05, 0) is 51.6 Å². The second kappa shape index (κ2) is 7.66. The number of thiophene rings is 1. The van der Waals surface area contributed by atoms with E-state index < -0.39 is 20.0 Å². The highest BCUT2D eigenvalue weighted by molar-refractivity contribution is 9.10. The molecular formula is C15H18BrN3O4S3. The molecule has 0 spiro atoms. The molecule has 0 unspecified atom stereocenters. The van der Waals surface area contributed by atoms with E-state index in [9.17, 15) is 16.8 Å². The van der Waals surface area contributed by atoms with Crippen LogP contribution in [0.15, 0.2) is 50.0 Å². The number of sulfonamides is 2. The van der Waals surface area contributed by atoms with E-state index in [1.165, 1.54) is 33.4 Å². The number of halogens is 1. The summed E-state index contributed by atoms with van der Waals surface area (Å²) in [6.45, 7) is 2.84. The molecule has 1 aliphatic heterocycles. The zero-order valence-electron chi connectivity index (χ0n) is 13.7. The second-order valence-electron chi connectivity index (χ2n) is 5.89. The van der Waals surface area contributed by atoms with E-state index in [4.69, 9.17) is 5.14 Å². The van der Waals surface area contributed by atoms with Crippen LogP contribution in [0.1, 0.15) is 4.88 Å². The number of rotatable bonds is 5. The third-order valence-electron chi connectivity index (χ3n) is 4.18. The summed E-state index contributed by atoms with van der Waals surface area (Å²) in [5.74, 6) is 0. The third-order valence-corrected chi connectivity index (χ3v) is 8.93. The first-order chi connectivity index (χ1) is 12.2. The van der Waals surface area contributed by atoms with Gasteiger partial charge in [0.15, 0.2) is 0 Å². The van der Waals surface area contributed by atoms with Crippen molar-refractivity contribution in [2.45, 2.75) is 16.3 Å². The number of hydrogen-bond donors (Lipinski definition) is 1. The lowest BCUT2D eigenvalue weighted by Gasteiger charge is -2.33. The van der Waals surface area contributed by atoms with E-state index in [1.807, 2.05) is 11.4 Å². The molecule has 0 bridgehead atoms. The lowest BCUT2D eigenvalue weighted by molar-refractivity contribution is 0.182. The zero-order valence-corrected chi connectivity index (χ0v) is 17.7. The van der Waals surface area contributed by atoms with Gasteiger partial charge in [-0.15, -0.1) is 11.3 Å². The van der Waals surface area contributed by atoms with Crippen LogP contribution in [0, 0.1) is 0 Å². The number of benzene rings is 1. The van der Waals surface area contributed by atoms with Crippen molar-refractivity contribution >= 4 is 47.3 Å². The first kappa shape index (κ1) is 19.9. The van der Waals surface area contributed by atoms with Crippen molar-refractivity contribution in [2.24, 2.45) is 5.14 Å². The van der Waals surface area contributed by atoms with Gasteiger partial charge in [-0.25, -0.2) is 22.0 Å². The van der Waals surface area contributed by atoms with E-state index in [0.717, 1.165) is 11.0 Å². The number of primary sulfonamides is 1. The number of piperazine rings is 1. The molecule has 11 heteroatoms. The predicted octanol–water partition coefficient (Wildman–Crippen LogP) is 1.66. The minimum atomic E-state index is -3.84. The maximum absolute atomic E-state index is 12.7. The SMILES string of the molecule is NS(=O)(=O)c1ccc(S(=O)(=O)N2CCN(Cc3sccc3Br)CC2)cc1. The molecule has 1 aromatic carbocycles. The second-order valence-corrected chi connectivity index (χ2v) is 11.2. The number of nitrogens with zero attached hydrogens (tertiary/aromatic N) is 2. The van der Waals surface area contributed by atoms with Crippen LogP contribution in [0.5, 0.6) is 0 Å². The zero-order chi connectivity index (χ0) is 18.9. The van der Waals surface area contributed by atoms with Crippen molar-refractivity contribution in [3.63, 3.8) is 0 Å². The molecule has 142 valence electrons. The van der Waals surface area contributed by atoms with Crippen LogP contribution < -0.4 is 5.14 Å². The summed E-state index contributed by atoms with van der Waals surface area (Å²) < 4.78 is 50.6. The average molecular weight is 480 g/mol. The monoisotopic (exact) mass is 479 g/mol. The van der Waals surface area contributed by atoms with Crippen molar-refractivity contribution in [1.82, 2.24) is 9.21 Å². The van der Waals surface area contributed by atoms with E-state index in [2.05, 4.69) is 20.8 Å². The molecule has 0 saturated carbocycles. The van der Waals surface area contributed by atoms with Crippen LogP contribution >= 0.6 is 27.3 Å². The molecule has 0 atom stereocenters. The Balaban J connectivity index is 1.67. The summed E-state index contributed by atoms with van der Waals surface area (Å²) >= 11 is 5.18. The van der Waals surface area contributed by atoms with Crippen molar-refractivity contribution in [1.29, 1.82) is 0 Å². The Bertz CT molecular complexity index is 979. The van der Waals surface area contributed by atoms with Gasteiger partial charge in [-0.1, -0.05) is 0 Å². The van der Waals surface area contributed by atoms with Crippen LogP contribution in [0.4, 0.5) is 0 Å². The van der Waals surface area contributed by atoms with Crippen LogP contribution in [-0.4, -0.2) is 52.2 Å². The van der Waals surface area contributed by atoms with Gasteiger partial charge < -0.3 is 0 Å². The van der Waals surface area contributed by atoms with Gasteiger partial charge in [-0.2, -0.15) is 4.31 Å². The first-order valence-electron chi connectivity index (χ1n) is 7.75. The van der Waals surface area contributed by atoms with Crippen LogP contribution in [0.25, 0.3) is 0 Å². The lowest BCUT2D eigenvalue weighted by atomic mass is 10.3. The molecule has 2 N–H and O–H groups in total. The first-order valence-corrected chi connectivity index (χ1v) is 12.4. The molecule has 0 aliphatic carbocycles. The predicted molar refractivity (Wildman–Crippen MR) is 104 cm³/mol. The summed E-state index contributed by atoms with van der Waals surface area (Å²) in [7, 11) is -7.50. The summed E-state index contributed by atoms with van der Waals surface area (Å²) in [4.78, 5) is 3.40. The molecule has 26 heavy (non-hydrogen) atoms. The van der Waals surface area contributed by atoms with Crippen molar-refractivity contribution in [2.75, 3.05) is 26.2 Å². The van der Waals surface area contributed by atoms with Crippen LogP contribution in [0.2, 0.25) is 0 Å². The lowest BCUT2D eigenvalue weighted by Crippen LogP contribution is -2.48. The van der Waals surface area contributed by atoms with E-state index in [1.54, 1.807) is 11.3 Å². The maximum Gasteiger partial charge on any atom is 0.243 e. The minimum Gasteiger partial charge on any atom is -0.296 e. The molecule has 0 amide bonds. The molecule has 0 radical (unpaired) electrons. The highest BCUT2D eigenvalue weighted by Gasteiger charge is 2.29. The van der Waals surface area contributed by atoms with Gasteiger partial charge in [-0.3, -0.25) is 4.90 Å². The van der Waals surface area contributed by atoms with Crippen LogP contribution in [-0.2, 0) is 26.6 Å². The summed E-state index contributed by atoms with van der Waals surface area (Å²) in [5, 5.41) is 7.06. The topological polar surface area (TPSA) is 101 Å². The van der Waals surface area contributed by atoms with Gasteiger partial charge in [0.25, 0.3) is 0 Å². The van der Waals surface area contributed by atoms with Crippen molar-refractivity contribution < 1.29 is 16.8 Å². The molecule has 7 nitrogen and oxygen atoms in total. The van der Waals surface area contributed by atoms with E-state index in [0.29, 0.717) is 26.2 Å². The van der Waals surface area contributed by atoms with E-state index in [-0.39, 0.29) is 9.79 Å². The molecule has 2 heterocycles. The highest BCUT2D eigenvalue weighted by atomic mass is 79.9. The maximum atomic E-state index is 12.7. The molecule has 1 aromatic heterocycles. The minimum absolute atomic E-state index is 0.0688. The van der Waals surface area contributed by atoms with Gasteiger partial charge in [0, 0.05) is 42.1 Å². The molecule has 2 aromatic rings. The molecule has 1 fully saturated rings. The Hall–Kier alpha value is -0.820. The van der Waals surface area contributed by atoms with Crippen molar-refractivity contribution in [3.8, 4) is 0 Å². The molecular weight excluding hydrogens is 462 g/mol. The molecule has 1 aliphatic rings. The number of hydrogen-bond acceptors (Lipinski definition) is 6. The third kappa shape index (κ3) is 4.35. The smallest absolute Gasteiger partial charge is 0.243 e. The fraction of sp³-hybridized carbons (Fsp3) is 0.333. The summed E-state index contributed by atoms with van der Waals surface area (Å²) in [6.07, 6.45) is 0. The summed E-state index contributed by atoms with van der Waals surface area (Å²) in [6, 6.07) is 7.00. The van der Waals surface area contributed by atoms with E-state index >= 15 is 0 Å². The molecule has 3 rings (SSSR count). The highest BCUT2D eigenvalue weighted by Crippen LogP contribution is 2.25. The van der Waals surface area contributed by atoms with Gasteiger partial charge >= 0.3 is 0 Å². The molecule has 1 saturated heterocycles. The van der Waals surface area contributed by atoms with Gasteiger partial charge in [0.1, 0.15) is 0 Å². The Morgan fingerprint density at radius 1 is 0.962 bits per heavy atom. The van der Waals surface area contributed by atoms with Crippen LogP contribution in [0.3, 0.4) is 0 Å².